The van der Waals surface area contributed by atoms with Crippen molar-refractivity contribution in [1.29, 1.82) is 0 Å². The van der Waals surface area contributed by atoms with Crippen molar-refractivity contribution in [2.75, 3.05) is 6.54 Å². The molecule has 1 amide bonds. The smallest absolute Gasteiger partial charge is 0.267 e. The molecule has 0 saturated heterocycles. The van der Waals surface area contributed by atoms with Gasteiger partial charge >= 0.3 is 0 Å². The molecule has 2 aliphatic carbocycles. The van der Waals surface area contributed by atoms with Gasteiger partial charge in [0.2, 0.25) is 0 Å². The van der Waals surface area contributed by atoms with Crippen LogP contribution in [0.2, 0.25) is 0 Å². The summed E-state index contributed by atoms with van der Waals surface area (Å²) in [5.74, 6) is 0.772. The van der Waals surface area contributed by atoms with E-state index in [-0.39, 0.29) is 5.91 Å². The molecule has 0 radical (unpaired) electrons. The molecule has 1 aromatic rings. The van der Waals surface area contributed by atoms with Crippen LogP contribution in [0.1, 0.15) is 61.5 Å². The second-order valence-electron chi connectivity index (χ2n) is 5.90. The minimum absolute atomic E-state index is 0.0863. The van der Waals surface area contributed by atoms with Gasteiger partial charge in [0.25, 0.3) is 5.91 Å². The van der Waals surface area contributed by atoms with Crippen LogP contribution in [-0.4, -0.2) is 17.0 Å². The van der Waals surface area contributed by atoms with Gasteiger partial charge in [0.05, 0.1) is 0 Å². The summed E-state index contributed by atoms with van der Waals surface area (Å²) >= 11 is 3.47. The summed E-state index contributed by atoms with van der Waals surface area (Å²) in [6.07, 6.45) is 11.0. The molecule has 1 N–H and O–H groups in total. The highest BCUT2D eigenvalue weighted by Gasteiger charge is 2.28. The zero-order chi connectivity index (χ0) is 13.2. The first kappa shape index (κ1) is 13.2. The highest BCUT2D eigenvalue weighted by Crippen LogP contribution is 2.37. The normalized spacial score (nSPS) is 20.5. The van der Waals surface area contributed by atoms with Crippen LogP contribution in [-0.2, 0) is 0 Å². The summed E-state index contributed by atoms with van der Waals surface area (Å²) in [5.41, 5.74) is 0.810. The summed E-state index contributed by atoms with van der Waals surface area (Å²) in [5, 5.41) is 3.12. The molecule has 0 atom stereocenters. The van der Waals surface area contributed by atoms with Crippen LogP contribution in [0.4, 0.5) is 0 Å². The lowest BCUT2D eigenvalue weighted by molar-refractivity contribution is 0.0934. The molecule has 0 aliphatic heterocycles. The third-order valence-corrected chi connectivity index (χ3v) is 4.70. The van der Waals surface area contributed by atoms with Crippen LogP contribution >= 0.6 is 15.9 Å². The Balaban J connectivity index is 1.60. The quantitative estimate of drug-likeness (QED) is 0.895. The van der Waals surface area contributed by atoms with E-state index in [1.165, 1.54) is 44.9 Å². The van der Waals surface area contributed by atoms with Crippen LogP contribution in [0.25, 0.3) is 0 Å². The first-order valence-electron chi connectivity index (χ1n) is 7.39. The van der Waals surface area contributed by atoms with Gasteiger partial charge in [-0.1, -0.05) is 19.3 Å². The maximum atomic E-state index is 12.3. The fraction of sp³-hybridized carbons (Fsp3) is 0.667. The van der Waals surface area contributed by atoms with E-state index in [1.807, 2.05) is 12.3 Å². The Labute approximate surface area is 122 Å². The maximum absolute atomic E-state index is 12.3. The van der Waals surface area contributed by atoms with Gasteiger partial charge in [-0.2, -0.15) is 0 Å². The van der Waals surface area contributed by atoms with E-state index >= 15 is 0 Å². The standard InChI is InChI=1S/C15H21BrN2O/c16-12-8-14(18(10-12)13-6-7-13)15(19)17-9-11-4-2-1-3-5-11/h8,10-11,13H,1-7,9H2,(H,17,19). The highest BCUT2D eigenvalue weighted by molar-refractivity contribution is 9.10. The summed E-state index contributed by atoms with van der Waals surface area (Å²) in [4.78, 5) is 12.3. The minimum atomic E-state index is 0.0863. The van der Waals surface area contributed by atoms with Crippen molar-refractivity contribution in [2.45, 2.75) is 51.0 Å². The molecule has 0 bridgehead atoms. The first-order chi connectivity index (χ1) is 9.24. The number of aromatic nitrogens is 1. The van der Waals surface area contributed by atoms with E-state index < -0.39 is 0 Å². The summed E-state index contributed by atoms with van der Waals surface area (Å²) < 4.78 is 3.13. The van der Waals surface area contributed by atoms with Crippen LogP contribution < -0.4 is 5.32 Å². The minimum Gasteiger partial charge on any atom is -0.350 e. The van der Waals surface area contributed by atoms with Crippen LogP contribution in [0.5, 0.6) is 0 Å². The SMILES string of the molecule is O=C(NCC1CCCCC1)c1cc(Br)cn1C1CC1. The molecule has 1 heterocycles. The number of halogens is 1. The molecule has 0 unspecified atom stereocenters. The van der Waals surface area contributed by atoms with Crippen LogP contribution in [0.3, 0.4) is 0 Å². The second kappa shape index (κ2) is 5.70. The third kappa shape index (κ3) is 3.22. The Morgan fingerprint density at radius 2 is 2.00 bits per heavy atom. The van der Waals surface area contributed by atoms with Gasteiger partial charge in [-0.3, -0.25) is 4.79 Å². The monoisotopic (exact) mass is 324 g/mol. The molecule has 1 aromatic heterocycles. The zero-order valence-corrected chi connectivity index (χ0v) is 12.8. The van der Waals surface area contributed by atoms with Crippen molar-refractivity contribution in [3.8, 4) is 0 Å². The fourth-order valence-corrected chi connectivity index (χ4v) is 3.44. The largest absolute Gasteiger partial charge is 0.350 e. The number of hydrogen-bond acceptors (Lipinski definition) is 1. The maximum Gasteiger partial charge on any atom is 0.267 e. The Morgan fingerprint density at radius 3 is 2.68 bits per heavy atom. The van der Waals surface area contributed by atoms with Gasteiger partial charge in [0.15, 0.2) is 0 Å². The van der Waals surface area contributed by atoms with Gasteiger partial charge < -0.3 is 9.88 Å². The number of rotatable bonds is 4. The van der Waals surface area contributed by atoms with Crippen LogP contribution in [0, 0.1) is 5.92 Å². The average molecular weight is 325 g/mol. The Kier molecular flexibility index (Phi) is 3.96. The lowest BCUT2D eigenvalue weighted by Gasteiger charge is -2.21. The van der Waals surface area contributed by atoms with E-state index in [1.54, 1.807) is 0 Å². The predicted molar refractivity (Wildman–Crippen MR) is 79.3 cm³/mol. The highest BCUT2D eigenvalue weighted by atomic mass is 79.9. The fourth-order valence-electron chi connectivity index (χ4n) is 3.00. The Morgan fingerprint density at radius 1 is 1.26 bits per heavy atom. The van der Waals surface area contributed by atoms with Gasteiger partial charge in [0, 0.05) is 23.3 Å². The van der Waals surface area contributed by atoms with E-state index in [9.17, 15) is 4.79 Å². The van der Waals surface area contributed by atoms with Gasteiger partial charge in [-0.05, 0) is 53.6 Å². The van der Waals surface area contributed by atoms with E-state index in [2.05, 4.69) is 25.8 Å². The Hall–Kier alpha value is -0.770. The summed E-state index contributed by atoms with van der Waals surface area (Å²) in [6.45, 7) is 0.840. The molecule has 19 heavy (non-hydrogen) atoms. The topological polar surface area (TPSA) is 34.0 Å². The molecule has 0 aromatic carbocycles. The average Bonchev–Trinajstić information content (AvgIpc) is 3.20. The van der Waals surface area contributed by atoms with Crippen molar-refractivity contribution < 1.29 is 4.79 Å². The number of carbonyl (C=O) groups is 1. The summed E-state index contributed by atoms with van der Waals surface area (Å²) in [6, 6.07) is 2.48. The van der Waals surface area contributed by atoms with Crippen LogP contribution in [0.15, 0.2) is 16.7 Å². The number of nitrogens with one attached hydrogen (secondary N) is 1. The lowest BCUT2D eigenvalue weighted by atomic mass is 9.89. The van der Waals surface area contributed by atoms with Gasteiger partial charge in [-0.25, -0.2) is 0 Å². The summed E-state index contributed by atoms with van der Waals surface area (Å²) in [7, 11) is 0. The third-order valence-electron chi connectivity index (χ3n) is 4.26. The van der Waals surface area contributed by atoms with Crippen molar-refractivity contribution in [3.63, 3.8) is 0 Å². The molecular weight excluding hydrogens is 304 g/mol. The number of nitrogens with zero attached hydrogens (tertiary/aromatic N) is 1. The van der Waals surface area contributed by atoms with E-state index in [4.69, 9.17) is 0 Å². The number of carbonyl (C=O) groups excluding carboxylic acids is 1. The number of hydrogen-bond donors (Lipinski definition) is 1. The van der Waals surface area contributed by atoms with Gasteiger partial charge in [0.1, 0.15) is 5.69 Å². The zero-order valence-electron chi connectivity index (χ0n) is 11.2. The molecule has 3 nitrogen and oxygen atoms in total. The molecular formula is C15H21BrN2O. The molecule has 2 fully saturated rings. The Bertz CT molecular complexity index is 459. The van der Waals surface area contributed by atoms with Crippen molar-refractivity contribution in [3.05, 3.63) is 22.4 Å². The second-order valence-corrected chi connectivity index (χ2v) is 6.81. The van der Waals surface area contributed by atoms with Gasteiger partial charge in [-0.15, -0.1) is 0 Å². The first-order valence-corrected chi connectivity index (χ1v) is 8.19. The van der Waals surface area contributed by atoms with E-state index in [0.717, 1.165) is 16.7 Å². The predicted octanol–water partition coefficient (Wildman–Crippen LogP) is 3.90. The number of amides is 1. The molecule has 4 heteroatoms. The van der Waals surface area contributed by atoms with E-state index in [0.29, 0.717) is 12.0 Å². The van der Waals surface area contributed by atoms with Crippen molar-refractivity contribution >= 4 is 21.8 Å². The molecule has 3 rings (SSSR count). The van der Waals surface area contributed by atoms with Crippen molar-refractivity contribution in [1.82, 2.24) is 9.88 Å². The molecule has 0 spiro atoms. The van der Waals surface area contributed by atoms with Crippen molar-refractivity contribution in [2.24, 2.45) is 5.92 Å². The molecule has 2 aliphatic rings. The molecule has 2 saturated carbocycles. The lowest BCUT2D eigenvalue weighted by Crippen LogP contribution is -2.31. The molecule has 104 valence electrons.